The minimum absolute atomic E-state index is 0.0675. The van der Waals surface area contributed by atoms with Gasteiger partial charge in [0.2, 0.25) is 5.43 Å². The predicted molar refractivity (Wildman–Crippen MR) is 90.9 cm³/mol. The Kier molecular flexibility index (Phi) is 3.42. The summed E-state index contributed by atoms with van der Waals surface area (Å²) in [6, 6.07) is 8.41. The third-order valence-electron chi connectivity index (χ3n) is 4.55. The molecule has 1 aliphatic heterocycles. The molecule has 0 fully saturated rings. The van der Waals surface area contributed by atoms with Crippen LogP contribution in [0.1, 0.15) is 28.9 Å². The molecule has 1 N–H and O–H groups in total. The van der Waals surface area contributed by atoms with Crippen LogP contribution in [0.5, 0.6) is 0 Å². The van der Waals surface area contributed by atoms with Crippen molar-refractivity contribution in [1.29, 1.82) is 0 Å². The van der Waals surface area contributed by atoms with Gasteiger partial charge in [-0.15, -0.1) is 0 Å². The maximum absolute atomic E-state index is 13.8. The van der Waals surface area contributed by atoms with Gasteiger partial charge >= 0.3 is 0 Å². The monoisotopic (exact) mass is 340 g/mol. The number of hydrogen-bond donors (Lipinski definition) is 1. The standard InChI is InChI=1S/C19H14F2N2O2/c1-10-7-11-3-2-4-13-17(11)23(10)9-14(18(13)24)19(25)22-16-6-5-12(20)8-15(16)21/h2-6,8-10H,7H2,1H3,(H,22,25)/t10-/m1/s1. The van der Waals surface area contributed by atoms with Crippen molar-refractivity contribution in [2.45, 2.75) is 19.4 Å². The van der Waals surface area contributed by atoms with Gasteiger partial charge in [-0.25, -0.2) is 8.78 Å². The lowest BCUT2D eigenvalue weighted by Gasteiger charge is -2.13. The minimum Gasteiger partial charge on any atom is -0.343 e. The third-order valence-corrected chi connectivity index (χ3v) is 4.55. The molecule has 0 aliphatic carbocycles. The minimum atomic E-state index is -0.894. The lowest BCUT2D eigenvalue weighted by Crippen LogP contribution is -2.24. The summed E-state index contributed by atoms with van der Waals surface area (Å²) >= 11 is 0. The summed E-state index contributed by atoms with van der Waals surface area (Å²) in [6.07, 6.45) is 2.30. The molecular formula is C19H14F2N2O2. The second kappa shape index (κ2) is 5.51. The number of nitrogens with zero attached hydrogens (tertiary/aromatic N) is 1. The molecule has 0 saturated carbocycles. The number of carbonyl (C=O) groups is 1. The van der Waals surface area contributed by atoms with E-state index >= 15 is 0 Å². The molecule has 0 spiro atoms. The van der Waals surface area contributed by atoms with Gasteiger partial charge in [0.05, 0.1) is 11.2 Å². The maximum Gasteiger partial charge on any atom is 0.261 e. The van der Waals surface area contributed by atoms with Crippen molar-refractivity contribution in [2.24, 2.45) is 0 Å². The molecule has 4 rings (SSSR count). The lowest BCUT2D eigenvalue weighted by molar-refractivity contribution is 0.102. The molecule has 2 heterocycles. The van der Waals surface area contributed by atoms with E-state index in [1.807, 2.05) is 17.6 Å². The highest BCUT2D eigenvalue weighted by Crippen LogP contribution is 2.31. The van der Waals surface area contributed by atoms with Crippen LogP contribution in [0.3, 0.4) is 0 Å². The second-order valence-electron chi connectivity index (χ2n) is 6.22. The van der Waals surface area contributed by atoms with Crippen LogP contribution in [0.4, 0.5) is 14.5 Å². The summed E-state index contributed by atoms with van der Waals surface area (Å²) < 4.78 is 28.7. The molecule has 4 nitrogen and oxygen atoms in total. The van der Waals surface area contributed by atoms with E-state index in [1.54, 1.807) is 12.1 Å². The smallest absolute Gasteiger partial charge is 0.261 e. The molecule has 1 aliphatic rings. The fraction of sp³-hybridized carbons (Fsp3) is 0.158. The van der Waals surface area contributed by atoms with E-state index in [0.717, 1.165) is 29.6 Å². The molecule has 1 atom stereocenters. The van der Waals surface area contributed by atoms with Crippen LogP contribution in [-0.2, 0) is 6.42 Å². The van der Waals surface area contributed by atoms with Crippen LogP contribution < -0.4 is 10.7 Å². The molecule has 25 heavy (non-hydrogen) atoms. The fourth-order valence-corrected chi connectivity index (χ4v) is 3.36. The number of rotatable bonds is 2. The van der Waals surface area contributed by atoms with Crippen LogP contribution in [0.25, 0.3) is 10.9 Å². The van der Waals surface area contributed by atoms with E-state index in [-0.39, 0.29) is 17.3 Å². The van der Waals surface area contributed by atoms with Gasteiger partial charge in [0.25, 0.3) is 5.91 Å². The van der Waals surface area contributed by atoms with Crippen LogP contribution in [0.15, 0.2) is 47.4 Å². The van der Waals surface area contributed by atoms with Gasteiger partial charge in [0.15, 0.2) is 0 Å². The number of carbonyl (C=O) groups excluding carboxylic acids is 1. The summed E-state index contributed by atoms with van der Waals surface area (Å²) in [5.41, 5.74) is 1.27. The molecule has 0 bridgehead atoms. The summed E-state index contributed by atoms with van der Waals surface area (Å²) in [5, 5.41) is 2.82. The fourth-order valence-electron chi connectivity index (χ4n) is 3.36. The average Bonchev–Trinajstić information content (AvgIpc) is 2.89. The van der Waals surface area contributed by atoms with E-state index in [1.165, 1.54) is 6.20 Å². The summed E-state index contributed by atoms with van der Waals surface area (Å²) in [5.74, 6) is -2.35. The third kappa shape index (κ3) is 2.41. The van der Waals surface area contributed by atoms with Crippen molar-refractivity contribution in [3.63, 3.8) is 0 Å². The second-order valence-corrected chi connectivity index (χ2v) is 6.22. The number of hydrogen-bond acceptors (Lipinski definition) is 2. The molecule has 6 heteroatoms. The normalized spacial score (nSPS) is 15.6. The summed E-state index contributed by atoms with van der Waals surface area (Å²) in [4.78, 5) is 25.2. The summed E-state index contributed by atoms with van der Waals surface area (Å²) in [7, 11) is 0. The predicted octanol–water partition coefficient (Wildman–Crippen LogP) is 3.65. The van der Waals surface area contributed by atoms with Crippen molar-refractivity contribution in [2.75, 3.05) is 5.32 Å². The van der Waals surface area contributed by atoms with Crippen LogP contribution in [-0.4, -0.2) is 10.5 Å². The quantitative estimate of drug-likeness (QED) is 0.774. The Morgan fingerprint density at radius 1 is 1.24 bits per heavy atom. The highest BCUT2D eigenvalue weighted by atomic mass is 19.1. The first-order chi connectivity index (χ1) is 12.0. The molecule has 0 radical (unpaired) electrons. The zero-order chi connectivity index (χ0) is 17.7. The first kappa shape index (κ1) is 15.5. The number of nitrogens with one attached hydrogen (secondary N) is 1. The van der Waals surface area contributed by atoms with Crippen molar-refractivity contribution in [1.82, 2.24) is 4.57 Å². The number of amides is 1. The van der Waals surface area contributed by atoms with Gasteiger partial charge in [-0.3, -0.25) is 9.59 Å². The Morgan fingerprint density at radius 2 is 2.04 bits per heavy atom. The Bertz CT molecular complexity index is 1090. The van der Waals surface area contributed by atoms with Crippen LogP contribution >= 0.6 is 0 Å². The highest BCUT2D eigenvalue weighted by molar-refractivity contribution is 6.06. The topological polar surface area (TPSA) is 51.1 Å². The van der Waals surface area contributed by atoms with E-state index < -0.39 is 23.0 Å². The zero-order valence-corrected chi connectivity index (χ0v) is 13.3. The van der Waals surface area contributed by atoms with Gasteiger partial charge in [-0.1, -0.05) is 12.1 Å². The van der Waals surface area contributed by atoms with Gasteiger partial charge in [0, 0.05) is 23.7 Å². The Labute approximate surface area is 141 Å². The van der Waals surface area contributed by atoms with Gasteiger partial charge in [-0.2, -0.15) is 0 Å². The van der Waals surface area contributed by atoms with Crippen molar-refractivity contribution < 1.29 is 13.6 Å². The molecule has 1 amide bonds. The zero-order valence-electron chi connectivity index (χ0n) is 13.3. The largest absolute Gasteiger partial charge is 0.343 e. The summed E-state index contributed by atoms with van der Waals surface area (Å²) in [6.45, 7) is 2.01. The van der Waals surface area contributed by atoms with Crippen molar-refractivity contribution in [3.8, 4) is 0 Å². The molecule has 2 aromatic carbocycles. The number of para-hydroxylation sites is 1. The Hall–Kier alpha value is -3.02. The first-order valence-electron chi connectivity index (χ1n) is 7.89. The maximum atomic E-state index is 13.8. The van der Waals surface area contributed by atoms with Crippen molar-refractivity contribution >= 4 is 22.5 Å². The van der Waals surface area contributed by atoms with E-state index in [2.05, 4.69) is 5.32 Å². The van der Waals surface area contributed by atoms with Gasteiger partial charge in [0.1, 0.15) is 17.2 Å². The van der Waals surface area contributed by atoms with E-state index in [0.29, 0.717) is 11.5 Å². The SMILES string of the molecule is C[C@@H]1Cc2cccc3c(=O)c(C(=O)Nc4ccc(F)cc4F)cn1c23. The van der Waals surface area contributed by atoms with Gasteiger partial charge in [-0.05, 0) is 37.1 Å². The Morgan fingerprint density at radius 3 is 2.80 bits per heavy atom. The number of pyridine rings is 1. The number of benzene rings is 2. The number of anilines is 1. The van der Waals surface area contributed by atoms with Crippen LogP contribution in [0, 0.1) is 11.6 Å². The van der Waals surface area contributed by atoms with Crippen LogP contribution in [0.2, 0.25) is 0 Å². The number of aromatic nitrogens is 1. The lowest BCUT2D eigenvalue weighted by atomic mass is 10.1. The molecule has 0 saturated heterocycles. The van der Waals surface area contributed by atoms with E-state index in [4.69, 9.17) is 0 Å². The first-order valence-corrected chi connectivity index (χ1v) is 7.89. The molecule has 126 valence electrons. The molecular weight excluding hydrogens is 326 g/mol. The van der Waals surface area contributed by atoms with Gasteiger partial charge < -0.3 is 9.88 Å². The molecule has 0 unspecified atom stereocenters. The van der Waals surface area contributed by atoms with E-state index in [9.17, 15) is 18.4 Å². The van der Waals surface area contributed by atoms with Crippen molar-refractivity contribution in [3.05, 3.63) is 75.6 Å². The molecule has 1 aromatic heterocycles. The molecule has 3 aromatic rings. The average molecular weight is 340 g/mol. The Balaban J connectivity index is 1.81. The highest BCUT2D eigenvalue weighted by Gasteiger charge is 2.24. The number of halogens is 2.